The Hall–Kier alpha value is -2.95. The summed E-state index contributed by atoms with van der Waals surface area (Å²) in [7, 11) is 0. The first-order valence-electron chi connectivity index (χ1n) is 7.07. The fourth-order valence-corrected chi connectivity index (χ4v) is 2.28. The van der Waals surface area contributed by atoms with Gasteiger partial charge in [-0.15, -0.1) is 0 Å². The Kier molecular flexibility index (Phi) is 4.25. The van der Waals surface area contributed by atoms with E-state index in [0.29, 0.717) is 18.5 Å². The van der Waals surface area contributed by atoms with Crippen molar-refractivity contribution in [3.8, 4) is 0 Å². The van der Waals surface area contributed by atoms with Gasteiger partial charge in [-0.3, -0.25) is 4.79 Å². The molecule has 1 heterocycles. The molecule has 110 valence electrons. The number of carbonyl (C=O) groups is 1. The van der Waals surface area contributed by atoms with Gasteiger partial charge in [-0.1, -0.05) is 48.5 Å². The second-order valence-electron chi connectivity index (χ2n) is 4.96. The molecule has 2 aromatic carbocycles. The van der Waals surface area contributed by atoms with Gasteiger partial charge >= 0.3 is 0 Å². The molecule has 5 heteroatoms. The highest BCUT2D eigenvalue weighted by Crippen LogP contribution is 2.13. The molecule has 0 radical (unpaired) electrons. The Balaban J connectivity index is 1.72. The maximum absolute atomic E-state index is 12.4. The highest BCUT2D eigenvalue weighted by Gasteiger charge is 2.11. The summed E-state index contributed by atoms with van der Waals surface area (Å²) in [4.78, 5) is 12.4. The highest BCUT2D eigenvalue weighted by molar-refractivity contribution is 5.95. The molecule has 0 fully saturated rings. The van der Waals surface area contributed by atoms with Gasteiger partial charge in [-0.05, 0) is 17.2 Å². The van der Waals surface area contributed by atoms with Gasteiger partial charge in [0.25, 0.3) is 5.91 Å². The van der Waals surface area contributed by atoms with Crippen LogP contribution in [-0.4, -0.2) is 21.3 Å². The maximum Gasteiger partial charge on any atom is 0.251 e. The van der Waals surface area contributed by atoms with Crippen molar-refractivity contribution >= 4 is 5.91 Å². The molecule has 5 nitrogen and oxygen atoms in total. The number of nitrogens with one attached hydrogen (secondary N) is 2. The van der Waals surface area contributed by atoms with Crippen LogP contribution in [0.5, 0.6) is 0 Å². The number of rotatable bonds is 5. The Morgan fingerprint density at radius 2 is 1.82 bits per heavy atom. The zero-order chi connectivity index (χ0) is 15.2. The smallest absolute Gasteiger partial charge is 0.251 e. The monoisotopic (exact) mass is 292 g/mol. The molecule has 3 aromatic rings. The third kappa shape index (κ3) is 3.38. The van der Waals surface area contributed by atoms with Crippen molar-refractivity contribution in [2.45, 2.75) is 13.0 Å². The molecule has 1 aromatic heterocycles. The summed E-state index contributed by atoms with van der Waals surface area (Å²) in [5.74, 6) is -0.0806. The number of carbonyl (C=O) groups excluding carboxylic acids is 1. The molecule has 0 aliphatic carbocycles. The first kappa shape index (κ1) is 14.0. The average Bonchev–Trinajstić information content (AvgIpc) is 3.07. The molecule has 22 heavy (non-hydrogen) atoms. The number of nitrogens with zero attached hydrogens (tertiary/aromatic N) is 2. The van der Waals surface area contributed by atoms with Crippen LogP contribution < -0.4 is 5.32 Å². The molecule has 0 unspecified atom stereocenters. The van der Waals surface area contributed by atoms with Gasteiger partial charge in [-0.25, -0.2) is 0 Å². The minimum Gasteiger partial charge on any atom is -0.348 e. The van der Waals surface area contributed by atoms with Crippen LogP contribution in [0.15, 0.2) is 60.8 Å². The first-order chi connectivity index (χ1) is 10.8. The van der Waals surface area contributed by atoms with Gasteiger partial charge in [0.05, 0.1) is 11.9 Å². The largest absolute Gasteiger partial charge is 0.348 e. The van der Waals surface area contributed by atoms with Gasteiger partial charge in [0.15, 0.2) is 0 Å². The topological polar surface area (TPSA) is 70.7 Å². The van der Waals surface area contributed by atoms with E-state index in [4.69, 9.17) is 0 Å². The fourth-order valence-electron chi connectivity index (χ4n) is 2.28. The number of H-pyrrole nitrogens is 1. The zero-order valence-corrected chi connectivity index (χ0v) is 12.0. The van der Waals surface area contributed by atoms with Crippen molar-refractivity contribution in [2.75, 3.05) is 0 Å². The van der Waals surface area contributed by atoms with E-state index in [-0.39, 0.29) is 5.91 Å². The summed E-state index contributed by atoms with van der Waals surface area (Å²) in [6.45, 7) is 0.512. The Morgan fingerprint density at radius 1 is 1.05 bits per heavy atom. The Bertz CT molecular complexity index is 738. The van der Waals surface area contributed by atoms with Crippen LogP contribution in [0.2, 0.25) is 0 Å². The molecular weight excluding hydrogens is 276 g/mol. The minimum atomic E-state index is -0.0806. The van der Waals surface area contributed by atoms with E-state index in [1.165, 1.54) is 0 Å². The van der Waals surface area contributed by atoms with Crippen LogP contribution in [0, 0.1) is 0 Å². The molecule has 0 aliphatic rings. The Labute approximate surface area is 128 Å². The third-order valence-electron chi connectivity index (χ3n) is 3.39. The van der Waals surface area contributed by atoms with Gasteiger partial charge in [0, 0.05) is 18.5 Å². The van der Waals surface area contributed by atoms with Crippen molar-refractivity contribution in [1.82, 2.24) is 20.7 Å². The predicted octanol–water partition coefficient (Wildman–Crippen LogP) is 2.33. The highest BCUT2D eigenvalue weighted by atomic mass is 16.1. The van der Waals surface area contributed by atoms with E-state index in [1.54, 1.807) is 6.20 Å². The average molecular weight is 292 g/mol. The van der Waals surface area contributed by atoms with Crippen LogP contribution in [0.3, 0.4) is 0 Å². The molecule has 0 saturated carbocycles. The van der Waals surface area contributed by atoms with E-state index in [2.05, 4.69) is 20.7 Å². The van der Waals surface area contributed by atoms with Gasteiger partial charge in [-0.2, -0.15) is 15.4 Å². The summed E-state index contributed by atoms with van der Waals surface area (Å²) >= 11 is 0. The zero-order valence-electron chi connectivity index (χ0n) is 12.0. The first-order valence-corrected chi connectivity index (χ1v) is 7.07. The molecule has 2 N–H and O–H groups in total. The molecular formula is C17H16N4O. The summed E-state index contributed by atoms with van der Waals surface area (Å²) < 4.78 is 0. The number of aromatic nitrogens is 3. The predicted molar refractivity (Wildman–Crippen MR) is 83.2 cm³/mol. The molecule has 0 aliphatic heterocycles. The van der Waals surface area contributed by atoms with Crippen molar-refractivity contribution in [3.05, 3.63) is 83.2 Å². The second kappa shape index (κ2) is 6.67. The Morgan fingerprint density at radius 3 is 2.59 bits per heavy atom. The van der Waals surface area contributed by atoms with Gasteiger partial charge in [0.1, 0.15) is 0 Å². The molecule has 0 spiro atoms. The van der Waals surface area contributed by atoms with Crippen LogP contribution >= 0.6 is 0 Å². The van der Waals surface area contributed by atoms with E-state index >= 15 is 0 Å². The van der Waals surface area contributed by atoms with E-state index in [1.807, 2.05) is 54.6 Å². The lowest BCUT2D eigenvalue weighted by molar-refractivity contribution is 0.0950. The van der Waals surface area contributed by atoms with Gasteiger partial charge < -0.3 is 5.32 Å². The van der Waals surface area contributed by atoms with Crippen molar-refractivity contribution in [3.63, 3.8) is 0 Å². The second-order valence-corrected chi connectivity index (χ2v) is 4.96. The standard InChI is InChI=1S/C17H16N4O/c22-17(18-11-13-6-2-1-3-7-13)16-9-5-4-8-14(16)10-15-12-19-21-20-15/h1-9,12H,10-11H2,(H,18,22)(H,19,20,21). The summed E-state index contributed by atoms with van der Waals surface area (Å²) in [5, 5.41) is 13.4. The van der Waals surface area contributed by atoms with Gasteiger partial charge in [0.2, 0.25) is 0 Å². The van der Waals surface area contributed by atoms with E-state index in [9.17, 15) is 4.79 Å². The number of hydrogen-bond acceptors (Lipinski definition) is 3. The normalized spacial score (nSPS) is 10.4. The molecule has 0 bridgehead atoms. The molecule has 1 amide bonds. The van der Waals surface area contributed by atoms with Crippen molar-refractivity contribution in [2.24, 2.45) is 0 Å². The van der Waals surface area contributed by atoms with Crippen LogP contribution in [0.25, 0.3) is 0 Å². The molecule has 3 rings (SSSR count). The quantitative estimate of drug-likeness (QED) is 0.758. The number of aromatic amines is 1. The summed E-state index contributed by atoms with van der Waals surface area (Å²) in [6, 6.07) is 17.4. The van der Waals surface area contributed by atoms with Crippen LogP contribution in [0.1, 0.15) is 27.2 Å². The van der Waals surface area contributed by atoms with Crippen LogP contribution in [0.4, 0.5) is 0 Å². The lowest BCUT2D eigenvalue weighted by Crippen LogP contribution is -2.24. The number of amides is 1. The lowest BCUT2D eigenvalue weighted by atomic mass is 10.0. The maximum atomic E-state index is 12.4. The summed E-state index contributed by atoms with van der Waals surface area (Å²) in [6.07, 6.45) is 2.24. The third-order valence-corrected chi connectivity index (χ3v) is 3.39. The van der Waals surface area contributed by atoms with Crippen molar-refractivity contribution in [1.29, 1.82) is 0 Å². The minimum absolute atomic E-state index is 0.0806. The summed E-state index contributed by atoms with van der Waals surface area (Å²) in [5.41, 5.74) is 3.48. The number of benzene rings is 2. The number of hydrogen-bond donors (Lipinski definition) is 2. The van der Waals surface area contributed by atoms with Crippen LogP contribution in [-0.2, 0) is 13.0 Å². The SMILES string of the molecule is O=C(NCc1ccccc1)c1ccccc1Cc1cn[nH]n1. The van der Waals surface area contributed by atoms with E-state index < -0.39 is 0 Å². The molecule has 0 saturated heterocycles. The van der Waals surface area contributed by atoms with E-state index in [0.717, 1.165) is 16.8 Å². The molecule has 0 atom stereocenters. The lowest BCUT2D eigenvalue weighted by Gasteiger charge is -2.09. The van der Waals surface area contributed by atoms with Crippen molar-refractivity contribution < 1.29 is 4.79 Å². The fraction of sp³-hybridized carbons (Fsp3) is 0.118.